The van der Waals surface area contributed by atoms with Crippen LogP contribution in [0.4, 0.5) is 13.2 Å². The zero-order valence-electron chi connectivity index (χ0n) is 12.1. The second kappa shape index (κ2) is 6.64. The molecule has 0 spiro atoms. The highest BCUT2D eigenvalue weighted by molar-refractivity contribution is 5.85. The Balaban J connectivity index is 0.00000176. The van der Waals surface area contributed by atoms with Crippen LogP contribution in [0.15, 0.2) is 24.3 Å². The van der Waals surface area contributed by atoms with Crippen molar-refractivity contribution in [3.05, 3.63) is 29.8 Å². The lowest BCUT2D eigenvalue weighted by Crippen LogP contribution is -2.30. The monoisotopic (exact) mass is 336 g/mol. The van der Waals surface area contributed by atoms with Crippen molar-refractivity contribution >= 4 is 12.4 Å². The lowest BCUT2D eigenvalue weighted by atomic mass is 9.98. The zero-order valence-corrected chi connectivity index (χ0v) is 12.9. The van der Waals surface area contributed by atoms with Crippen molar-refractivity contribution in [3.8, 4) is 5.75 Å². The summed E-state index contributed by atoms with van der Waals surface area (Å²) in [6.45, 7) is 2.58. The molecule has 0 aromatic heterocycles. The molecular weight excluding hydrogens is 317 g/mol. The van der Waals surface area contributed by atoms with Crippen LogP contribution in [0.3, 0.4) is 0 Å². The molecule has 22 heavy (non-hydrogen) atoms. The molecule has 3 unspecified atom stereocenters. The Labute approximate surface area is 134 Å². The lowest BCUT2D eigenvalue weighted by Gasteiger charge is -2.19. The normalized spacial score (nSPS) is 28.3. The van der Waals surface area contributed by atoms with Gasteiger partial charge in [0.15, 0.2) is 0 Å². The van der Waals surface area contributed by atoms with Crippen LogP contribution >= 0.6 is 12.4 Å². The van der Waals surface area contributed by atoms with Gasteiger partial charge in [-0.2, -0.15) is 0 Å². The van der Waals surface area contributed by atoms with Crippen LogP contribution < -0.4 is 10.5 Å². The van der Waals surface area contributed by atoms with Crippen molar-refractivity contribution in [1.82, 2.24) is 4.90 Å². The number of benzene rings is 1. The third-order valence-corrected chi connectivity index (χ3v) is 4.53. The van der Waals surface area contributed by atoms with Crippen LogP contribution in [0.5, 0.6) is 5.75 Å². The fraction of sp³-hybridized carbons (Fsp3) is 0.600. The molecule has 0 amide bonds. The summed E-state index contributed by atoms with van der Waals surface area (Å²) >= 11 is 0. The van der Waals surface area contributed by atoms with Crippen molar-refractivity contribution in [3.63, 3.8) is 0 Å². The summed E-state index contributed by atoms with van der Waals surface area (Å²) < 4.78 is 40.7. The van der Waals surface area contributed by atoms with Crippen molar-refractivity contribution in [1.29, 1.82) is 0 Å². The molecule has 3 nitrogen and oxygen atoms in total. The van der Waals surface area contributed by atoms with Crippen molar-refractivity contribution in [2.75, 3.05) is 13.1 Å². The first-order chi connectivity index (χ1) is 9.90. The van der Waals surface area contributed by atoms with Crippen LogP contribution in [-0.4, -0.2) is 30.4 Å². The van der Waals surface area contributed by atoms with Crippen molar-refractivity contribution in [2.45, 2.75) is 31.8 Å². The third-order valence-electron chi connectivity index (χ3n) is 4.53. The van der Waals surface area contributed by atoms with Crippen LogP contribution in [0.25, 0.3) is 0 Å². The number of hydrogen-bond acceptors (Lipinski definition) is 3. The maximum Gasteiger partial charge on any atom is 0.573 e. The second-order valence-corrected chi connectivity index (χ2v) is 6.05. The second-order valence-electron chi connectivity index (χ2n) is 6.05. The van der Waals surface area contributed by atoms with Crippen molar-refractivity contribution in [2.24, 2.45) is 17.6 Å². The molecule has 1 heterocycles. The highest BCUT2D eigenvalue weighted by atomic mass is 35.5. The van der Waals surface area contributed by atoms with E-state index in [9.17, 15) is 13.2 Å². The van der Waals surface area contributed by atoms with E-state index in [4.69, 9.17) is 5.73 Å². The van der Waals surface area contributed by atoms with Crippen LogP contribution in [0, 0.1) is 11.8 Å². The van der Waals surface area contributed by atoms with E-state index in [1.54, 1.807) is 6.07 Å². The maximum absolute atomic E-state index is 12.2. The summed E-state index contributed by atoms with van der Waals surface area (Å²) in [4.78, 5) is 2.28. The third kappa shape index (κ3) is 4.06. The molecule has 7 heteroatoms. The van der Waals surface area contributed by atoms with Gasteiger partial charge in [-0.3, -0.25) is 4.90 Å². The molecule has 2 fully saturated rings. The lowest BCUT2D eigenvalue weighted by molar-refractivity contribution is -0.274. The van der Waals surface area contributed by atoms with E-state index in [2.05, 4.69) is 9.64 Å². The number of ether oxygens (including phenoxy) is 1. The van der Waals surface area contributed by atoms with Gasteiger partial charge in [0, 0.05) is 25.7 Å². The number of halogens is 4. The number of alkyl halides is 3. The maximum atomic E-state index is 12.2. The molecule has 0 bridgehead atoms. The summed E-state index contributed by atoms with van der Waals surface area (Å²) in [5.41, 5.74) is 6.94. The minimum atomic E-state index is -4.64. The molecular formula is C15H20ClF3N2O. The molecule has 0 radical (unpaired) electrons. The summed E-state index contributed by atoms with van der Waals surface area (Å²) in [6, 6.07) is 6.49. The molecule has 1 aliphatic heterocycles. The number of fused-ring (bicyclic) bond motifs is 1. The smallest absolute Gasteiger partial charge is 0.406 e. The van der Waals surface area contributed by atoms with Gasteiger partial charge in [0.1, 0.15) is 5.75 Å². The Kier molecular flexibility index (Phi) is 5.25. The summed E-state index contributed by atoms with van der Waals surface area (Å²) in [6.07, 6.45) is -2.38. The number of hydrogen-bond donors (Lipinski definition) is 1. The number of nitrogens with zero attached hydrogens (tertiary/aromatic N) is 1. The Morgan fingerprint density at radius 1 is 1.23 bits per heavy atom. The standard InChI is InChI=1S/C15H19F3N2O.ClH/c16-15(17,18)21-12-3-1-2-10(6-12)7-20-8-11-4-5-14(19)13(11)9-20;/h1-3,6,11,13-14H,4-5,7-9,19H2;1H. The Morgan fingerprint density at radius 2 is 2.00 bits per heavy atom. The fourth-order valence-corrected chi connectivity index (χ4v) is 3.63. The van der Waals surface area contributed by atoms with Crippen LogP contribution in [0.2, 0.25) is 0 Å². The predicted molar refractivity (Wildman–Crippen MR) is 79.8 cm³/mol. The van der Waals surface area contributed by atoms with Gasteiger partial charge in [-0.05, 0) is 42.4 Å². The van der Waals surface area contributed by atoms with Crippen LogP contribution in [-0.2, 0) is 6.54 Å². The summed E-state index contributed by atoms with van der Waals surface area (Å²) in [5, 5.41) is 0. The SMILES string of the molecule is Cl.NC1CCC2CN(Cc3cccc(OC(F)(F)F)c3)CC12. The average Bonchev–Trinajstić information content (AvgIpc) is 2.90. The Hall–Kier alpha value is -0.980. The largest absolute Gasteiger partial charge is 0.573 e. The van der Waals surface area contributed by atoms with Gasteiger partial charge >= 0.3 is 6.36 Å². The molecule has 1 aliphatic carbocycles. The molecule has 1 saturated heterocycles. The van der Waals surface area contributed by atoms with Gasteiger partial charge in [-0.1, -0.05) is 12.1 Å². The average molecular weight is 337 g/mol. The van der Waals surface area contributed by atoms with Crippen LogP contribution in [0.1, 0.15) is 18.4 Å². The van der Waals surface area contributed by atoms with Gasteiger partial charge in [0.25, 0.3) is 0 Å². The molecule has 3 rings (SSSR count). The molecule has 2 N–H and O–H groups in total. The molecule has 124 valence electrons. The fourth-order valence-electron chi connectivity index (χ4n) is 3.63. The first-order valence-corrected chi connectivity index (χ1v) is 7.23. The van der Waals surface area contributed by atoms with E-state index >= 15 is 0 Å². The highest BCUT2D eigenvalue weighted by Gasteiger charge is 2.40. The summed E-state index contributed by atoms with van der Waals surface area (Å²) in [5.74, 6) is 1.03. The van der Waals surface area contributed by atoms with Gasteiger partial charge in [0.05, 0.1) is 0 Å². The zero-order chi connectivity index (χ0) is 15.0. The van der Waals surface area contributed by atoms with E-state index in [1.807, 2.05) is 6.07 Å². The van der Waals surface area contributed by atoms with E-state index in [0.717, 1.165) is 25.1 Å². The first kappa shape index (κ1) is 17.4. The van der Waals surface area contributed by atoms with Gasteiger partial charge < -0.3 is 10.5 Å². The Bertz CT molecular complexity index is 512. The molecule has 1 aromatic carbocycles. The number of nitrogens with two attached hydrogens (primary N) is 1. The van der Waals surface area contributed by atoms with E-state index < -0.39 is 6.36 Å². The highest BCUT2D eigenvalue weighted by Crippen LogP contribution is 2.37. The molecule has 3 atom stereocenters. The number of rotatable bonds is 3. The topological polar surface area (TPSA) is 38.5 Å². The molecule has 2 aliphatic rings. The van der Waals surface area contributed by atoms with Gasteiger partial charge in [-0.25, -0.2) is 0 Å². The van der Waals surface area contributed by atoms with Crippen molar-refractivity contribution < 1.29 is 17.9 Å². The quantitative estimate of drug-likeness (QED) is 0.921. The molecule has 1 aromatic rings. The number of likely N-dealkylation sites (tertiary alicyclic amines) is 1. The van der Waals surface area contributed by atoms with E-state index in [0.29, 0.717) is 18.4 Å². The minimum Gasteiger partial charge on any atom is -0.406 e. The molecule has 1 saturated carbocycles. The van der Waals surface area contributed by atoms with E-state index in [-0.39, 0.29) is 24.2 Å². The minimum absolute atomic E-state index is 0. The first-order valence-electron chi connectivity index (χ1n) is 7.23. The van der Waals surface area contributed by atoms with E-state index in [1.165, 1.54) is 18.6 Å². The van der Waals surface area contributed by atoms with Gasteiger partial charge in [-0.15, -0.1) is 25.6 Å². The predicted octanol–water partition coefficient (Wildman–Crippen LogP) is 3.18. The van der Waals surface area contributed by atoms with Gasteiger partial charge in [0.2, 0.25) is 0 Å². The summed E-state index contributed by atoms with van der Waals surface area (Å²) in [7, 11) is 0. The Morgan fingerprint density at radius 3 is 2.68 bits per heavy atom.